The lowest BCUT2D eigenvalue weighted by Gasteiger charge is -2.34. The molecule has 1 aliphatic heterocycles. The van der Waals surface area contributed by atoms with Crippen LogP contribution in [0.15, 0.2) is 16.6 Å². The standard InChI is InChI=1S/C15H20BrNO3/c1-15(2,3)17(9-13(18)19)8-11-7-12(16)6-10-4-5-20-14(10)11/h6-7H,4-5,8-9H2,1-3H3,(H,18,19). The number of carboxylic acids is 1. The van der Waals surface area contributed by atoms with Gasteiger partial charge in [-0.25, -0.2) is 0 Å². The van der Waals surface area contributed by atoms with Crippen LogP contribution < -0.4 is 4.74 Å². The van der Waals surface area contributed by atoms with Crippen molar-refractivity contribution in [2.75, 3.05) is 13.2 Å². The molecule has 0 amide bonds. The van der Waals surface area contributed by atoms with Gasteiger partial charge in [-0.1, -0.05) is 15.9 Å². The highest BCUT2D eigenvalue weighted by molar-refractivity contribution is 9.10. The Labute approximate surface area is 127 Å². The van der Waals surface area contributed by atoms with Gasteiger partial charge in [0, 0.05) is 28.5 Å². The molecule has 2 rings (SSSR count). The van der Waals surface area contributed by atoms with E-state index in [1.54, 1.807) is 0 Å². The van der Waals surface area contributed by atoms with Gasteiger partial charge in [0.2, 0.25) is 0 Å². The number of benzene rings is 1. The summed E-state index contributed by atoms with van der Waals surface area (Å²) in [6.07, 6.45) is 0.913. The molecule has 1 heterocycles. The molecule has 0 aliphatic carbocycles. The zero-order chi connectivity index (χ0) is 14.9. The molecule has 1 aromatic rings. The van der Waals surface area contributed by atoms with E-state index in [0.29, 0.717) is 13.2 Å². The molecule has 1 N–H and O–H groups in total. The second kappa shape index (κ2) is 5.74. The van der Waals surface area contributed by atoms with Crippen molar-refractivity contribution >= 4 is 21.9 Å². The van der Waals surface area contributed by atoms with Gasteiger partial charge in [-0.3, -0.25) is 9.69 Å². The van der Waals surface area contributed by atoms with Gasteiger partial charge in [0.15, 0.2) is 0 Å². The Hall–Kier alpha value is -1.07. The molecule has 0 fully saturated rings. The summed E-state index contributed by atoms with van der Waals surface area (Å²) in [6.45, 7) is 7.36. The van der Waals surface area contributed by atoms with Crippen LogP contribution in [0.2, 0.25) is 0 Å². The third kappa shape index (κ3) is 3.52. The van der Waals surface area contributed by atoms with E-state index in [4.69, 9.17) is 9.84 Å². The number of nitrogens with zero attached hydrogens (tertiary/aromatic N) is 1. The molecule has 110 valence electrons. The van der Waals surface area contributed by atoms with Crippen LogP contribution in [-0.4, -0.2) is 34.7 Å². The van der Waals surface area contributed by atoms with Crippen molar-refractivity contribution in [1.82, 2.24) is 4.90 Å². The summed E-state index contributed by atoms with van der Waals surface area (Å²) >= 11 is 3.52. The van der Waals surface area contributed by atoms with Crippen LogP contribution in [0.25, 0.3) is 0 Å². The average molecular weight is 342 g/mol. The molecule has 0 saturated heterocycles. The highest BCUT2D eigenvalue weighted by Crippen LogP contribution is 2.34. The van der Waals surface area contributed by atoms with E-state index in [-0.39, 0.29) is 12.1 Å². The van der Waals surface area contributed by atoms with Gasteiger partial charge < -0.3 is 9.84 Å². The summed E-state index contributed by atoms with van der Waals surface area (Å²) in [6, 6.07) is 4.09. The number of carboxylic acid groups (broad SMARTS) is 1. The van der Waals surface area contributed by atoms with Gasteiger partial charge in [0.25, 0.3) is 0 Å². The van der Waals surface area contributed by atoms with E-state index in [1.807, 2.05) is 31.7 Å². The number of hydrogen-bond donors (Lipinski definition) is 1. The van der Waals surface area contributed by atoms with Crippen LogP contribution in [0.4, 0.5) is 0 Å². The zero-order valence-electron chi connectivity index (χ0n) is 12.1. The molecule has 0 atom stereocenters. The summed E-state index contributed by atoms with van der Waals surface area (Å²) < 4.78 is 6.72. The molecule has 1 aliphatic rings. The van der Waals surface area contributed by atoms with Crippen molar-refractivity contribution in [2.24, 2.45) is 0 Å². The molecule has 0 bridgehead atoms. The zero-order valence-corrected chi connectivity index (χ0v) is 13.7. The smallest absolute Gasteiger partial charge is 0.317 e. The number of ether oxygens (including phenoxy) is 1. The van der Waals surface area contributed by atoms with Gasteiger partial charge in [-0.15, -0.1) is 0 Å². The largest absolute Gasteiger partial charge is 0.493 e. The van der Waals surface area contributed by atoms with Gasteiger partial charge in [-0.2, -0.15) is 0 Å². The van der Waals surface area contributed by atoms with Crippen LogP contribution in [0.1, 0.15) is 31.9 Å². The van der Waals surface area contributed by atoms with E-state index in [0.717, 1.165) is 22.2 Å². The number of aliphatic carboxylic acids is 1. The van der Waals surface area contributed by atoms with Crippen LogP contribution in [0.5, 0.6) is 5.75 Å². The summed E-state index contributed by atoms with van der Waals surface area (Å²) in [7, 11) is 0. The van der Waals surface area contributed by atoms with Crippen LogP contribution in [-0.2, 0) is 17.8 Å². The Kier molecular flexibility index (Phi) is 4.39. The van der Waals surface area contributed by atoms with Crippen molar-refractivity contribution < 1.29 is 14.6 Å². The molecule has 5 heteroatoms. The maximum Gasteiger partial charge on any atom is 0.317 e. The first kappa shape index (κ1) is 15.3. The first-order valence-corrected chi connectivity index (χ1v) is 7.47. The van der Waals surface area contributed by atoms with Gasteiger partial charge in [0.05, 0.1) is 13.2 Å². The second-order valence-electron chi connectivity index (χ2n) is 6.07. The minimum absolute atomic E-state index is 0.0186. The van der Waals surface area contributed by atoms with E-state index in [2.05, 4.69) is 22.0 Å². The third-order valence-electron chi connectivity index (χ3n) is 3.46. The minimum atomic E-state index is -0.813. The summed E-state index contributed by atoms with van der Waals surface area (Å²) in [5.41, 5.74) is 2.02. The topological polar surface area (TPSA) is 49.8 Å². The number of rotatable bonds is 4. The molecule has 0 radical (unpaired) electrons. The van der Waals surface area contributed by atoms with Crippen LogP contribution in [0.3, 0.4) is 0 Å². The summed E-state index contributed by atoms with van der Waals surface area (Å²) in [5, 5.41) is 9.09. The molecule has 1 aromatic carbocycles. The van der Waals surface area contributed by atoms with Crippen LogP contribution in [0, 0.1) is 0 Å². The van der Waals surface area contributed by atoms with Gasteiger partial charge in [-0.05, 0) is 38.5 Å². The first-order valence-electron chi connectivity index (χ1n) is 6.68. The lowest BCUT2D eigenvalue weighted by atomic mass is 10.0. The SMILES string of the molecule is CC(C)(C)N(CC(=O)O)Cc1cc(Br)cc2c1OCC2. The fourth-order valence-electron chi connectivity index (χ4n) is 2.36. The quantitative estimate of drug-likeness (QED) is 0.914. The number of halogens is 1. The van der Waals surface area contributed by atoms with Crippen molar-refractivity contribution in [3.63, 3.8) is 0 Å². The van der Waals surface area contributed by atoms with E-state index < -0.39 is 5.97 Å². The Morgan fingerprint density at radius 1 is 1.45 bits per heavy atom. The highest BCUT2D eigenvalue weighted by atomic mass is 79.9. The molecule has 4 nitrogen and oxygen atoms in total. The lowest BCUT2D eigenvalue weighted by molar-refractivity contribution is -0.139. The van der Waals surface area contributed by atoms with Crippen LogP contribution >= 0.6 is 15.9 Å². The summed E-state index contributed by atoms with van der Waals surface area (Å²) in [5.74, 6) is 0.111. The van der Waals surface area contributed by atoms with E-state index in [1.165, 1.54) is 5.56 Å². The molecule has 0 spiro atoms. The molecule has 20 heavy (non-hydrogen) atoms. The minimum Gasteiger partial charge on any atom is -0.493 e. The monoisotopic (exact) mass is 341 g/mol. The predicted octanol–water partition coefficient (Wildman–Crippen LogP) is 3.07. The number of fused-ring (bicyclic) bond motifs is 1. The Morgan fingerprint density at radius 3 is 2.75 bits per heavy atom. The molecule has 0 aromatic heterocycles. The van der Waals surface area contributed by atoms with Crippen molar-refractivity contribution in [3.05, 3.63) is 27.7 Å². The van der Waals surface area contributed by atoms with Gasteiger partial charge >= 0.3 is 5.97 Å². The fourth-order valence-corrected chi connectivity index (χ4v) is 2.92. The fraction of sp³-hybridized carbons (Fsp3) is 0.533. The maximum atomic E-state index is 11.1. The number of carbonyl (C=O) groups is 1. The highest BCUT2D eigenvalue weighted by Gasteiger charge is 2.26. The van der Waals surface area contributed by atoms with Crippen molar-refractivity contribution in [1.29, 1.82) is 0 Å². The van der Waals surface area contributed by atoms with Gasteiger partial charge in [0.1, 0.15) is 5.75 Å². The maximum absolute atomic E-state index is 11.1. The second-order valence-corrected chi connectivity index (χ2v) is 6.99. The molecule has 0 unspecified atom stereocenters. The first-order chi connectivity index (χ1) is 9.27. The third-order valence-corrected chi connectivity index (χ3v) is 3.92. The summed E-state index contributed by atoms with van der Waals surface area (Å²) in [4.78, 5) is 13.0. The van der Waals surface area contributed by atoms with Crippen molar-refractivity contribution in [2.45, 2.75) is 39.3 Å². The molecular formula is C15H20BrNO3. The normalized spacial score (nSPS) is 14.2. The predicted molar refractivity (Wildman–Crippen MR) is 81.1 cm³/mol. The molecule has 0 saturated carbocycles. The Bertz CT molecular complexity index is 523. The average Bonchev–Trinajstić information content (AvgIpc) is 2.74. The number of hydrogen-bond acceptors (Lipinski definition) is 3. The lowest BCUT2D eigenvalue weighted by Crippen LogP contribution is -2.43. The molecular weight excluding hydrogens is 322 g/mol. The Balaban J connectivity index is 2.29. The Morgan fingerprint density at radius 2 is 2.15 bits per heavy atom. The van der Waals surface area contributed by atoms with E-state index in [9.17, 15) is 4.79 Å². The van der Waals surface area contributed by atoms with Crippen molar-refractivity contribution in [3.8, 4) is 5.75 Å². The van der Waals surface area contributed by atoms with E-state index >= 15 is 0 Å².